The van der Waals surface area contributed by atoms with Gasteiger partial charge in [-0.15, -0.1) is 0 Å². The van der Waals surface area contributed by atoms with E-state index in [1.54, 1.807) is 7.05 Å². The van der Waals surface area contributed by atoms with Crippen LogP contribution in [0.25, 0.3) is 11.0 Å². The van der Waals surface area contributed by atoms with Gasteiger partial charge in [-0.25, -0.2) is 4.98 Å². The number of hydrogen-bond donors (Lipinski definition) is 2. The summed E-state index contributed by atoms with van der Waals surface area (Å²) in [7, 11) is 3.78. The molecular weight excluding hydrogens is 346 g/mol. The van der Waals surface area contributed by atoms with E-state index in [1.165, 1.54) is 4.68 Å². The fourth-order valence-corrected chi connectivity index (χ4v) is 3.81. The molecular formula is C18H25N7O2. The van der Waals surface area contributed by atoms with E-state index >= 15 is 0 Å². The van der Waals surface area contributed by atoms with Crippen LogP contribution in [0.2, 0.25) is 0 Å². The summed E-state index contributed by atoms with van der Waals surface area (Å²) in [5, 5.41) is 11.2. The highest BCUT2D eigenvalue weighted by atomic mass is 16.5. The van der Waals surface area contributed by atoms with Gasteiger partial charge in [-0.3, -0.25) is 19.5 Å². The summed E-state index contributed by atoms with van der Waals surface area (Å²) in [4.78, 5) is 23.7. The molecule has 1 aliphatic rings. The summed E-state index contributed by atoms with van der Waals surface area (Å²) in [6.45, 7) is 6.71. The maximum absolute atomic E-state index is 12.3. The van der Waals surface area contributed by atoms with Crippen molar-refractivity contribution >= 4 is 11.0 Å². The van der Waals surface area contributed by atoms with Crippen molar-refractivity contribution in [3.8, 4) is 0 Å². The highest BCUT2D eigenvalue weighted by Crippen LogP contribution is 2.22. The molecule has 0 aliphatic carbocycles. The number of nitrogens with zero attached hydrogens (tertiary/aromatic N) is 5. The maximum Gasteiger partial charge on any atom is 0.276 e. The number of pyridine rings is 1. The van der Waals surface area contributed by atoms with E-state index in [0.29, 0.717) is 29.8 Å². The molecule has 1 atom stereocenters. The lowest BCUT2D eigenvalue weighted by atomic mass is 10.0. The van der Waals surface area contributed by atoms with Gasteiger partial charge in [0.15, 0.2) is 11.5 Å². The Morgan fingerprint density at radius 1 is 1.22 bits per heavy atom. The quantitative estimate of drug-likeness (QED) is 0.693. The van der Waals surface area contributed by atoms with Crippen LogP contribution in [0.3, 0.4) is 0 Å². The second kappa shape index (κ2) is 6.90. The Kier molecular flexibility index (Phi) is 4.56. The van der Waals surface area contributed by atoms with Crippen LogP contribution in [-0.4, -0.2) is 56.5 Å². The largest absolute Gasteiger partial charge is 0.339 e. The second-order valence-corrected chi connectivity index (χ2v) is 7.25. The fraction of sp³-hybridized carbons (Fsp3) is 0.556. The minimum absolute atomic E-state index is 0.0517. The molecule has 9 nitrogen and oxygen atoms in total. The van der Waals surface area contributed by atoms with Crippen LogP contribution in [0.1, 0.15) is 34.6 Å². The number of piperazine rings is 1. The lowest BCUT2D eigenvalue weighted by Crippen LogP contribution is -2.44. The molecule has 9 heteroatoms. The molecule has 1 aliphatic heterocycles. The molecule has 144 valence electrons. The molecule has 0 aromatic carbocycles. The zero-order valence-corrected chi connectivity index (χ0v) is 16.2. The van der Waals surface area contributed by atoms with Gasteiger partial charge in [-0.1, -0.05) is 5.16 Å². The van der Waals surface area contributed by atoms with Gasteiger partial charge >= 0.3 is 0 Å². The molecule has 4 heterocycles. The van der Waals surface area contributed by atoms with Crippen LogP contribution < -0.4 is 10.9 Å². The highest BCUT2D eigenvalue weighted by Gasteiger charge is 2.25. The lowest BCUT2D eigenvalue weighted by molar-refractivity contribution is 0.190. The average Bonchev–Trinajstić information content (AvgIpc) is 3.20. The molecule has 0 spiro atoms. The minimum Gasteiger partial charge on any atom is -0.339 e. The van der Waals surface area contributed by atoms with E-state index in [4.69, 9.17) is 4.52 Å². The minimum atomic E-state index is -0.0517. The zero-order valence-electron chi connectivity index (χ0n) is 16.2. The summed E-state index contributed by atoms with van der Waals surface area (Å²) in [6, 6.07) is 0.139. The van der Waals surface area contributed by atoms with Crippen LogP contribution in [0.4, 0.5) is 0 Å². The number of fused-ring (bicyclic) bond motifs is 1. The number of H-pyrrole nitrogens is 1. The molecule has 0 saturated carbocycles. The topological polar surface area (TPSA) is 105 Å². The van der Waals surface area contributed by atoms with Gasteiger partial charge in [0.05, 0.1) is 11.4 Å². The first-order valence-corrected chi connectivity index (χ1v) is 9.24. The Morgan fingerprint density at radius 2 is 2.04 bits per heavy atom. The summed E-state index contributed by atoms with van der Waals surface area (Å²) in [5.74, 6) is 1.34. The maximum atomic E-state index is 12.3. The van der Waals surface area contributed by atoms with Crippen molar-refractivity contribution in [2.75, 3.05) is 26.7 Å². The third kappa shape index (κ3) is 3.17. The smallest absolute Gasteiger partial charge is 0.276 e. The SMILES string of the molecule is Cc1nc2[nH]n(C)c(=O)c2c(C)c1CCc1nc(C2CNCCN2C)no1. The number of nitrogens with one attached hydrogen (secondary N) is 2. The number of likely N-dealkylation sites (N-methyl/N-ethyl adjacent to an activating group) is 1. The number of rotatable bonds is 4. The van der Waals surface area contributed by atoms with Crippen LogP contribution in [0.15, 0.2) is 9.32 Å². The predicted octanol–water partition coefficient (Wildman–Crippen LogP) is 0.623. The molecule has 4 rings (SSSR count). The molecule has 0 amide bonds. The third-order valence-corrected chi connectivity index (χ3v) is 5.45. The van der Waals surface area contributed by atoms with E-state index in [-0.39, 0.29) is 11.6 Å². The Hall–Kier alpha value is -2.52. The lowest BCUT2D eigenvalue weighted by Gasteiger charge is -2.30. The molecule has 27 heavy (non-hydrogen) atoms. The zero-order chi connectivity index (χ0) is 19.1. The average molecular weight is 371 g/mol. The Balaban J connectivity index is 1.56. The second-order valence-electron chi connectivity index (χ2n) is 7.25. The number of aromatic nitrogens is 5. The molecule has 1 saturated heterocycles. The van der Waals surface area contributed by atoms with Crippen molar-refractivity contribution in [1.82, 2.24) is 35.1 Å². The van der Waals surface area contributed by atoms with Gasteiger partial charge in [0, 0.05) is 38.8 Å². The standard InChI is InChI=1S/C18H25N7O2/c1-10-12(11(2)20-17-15(10)18(26)25(4)22-17)5-6-14-21-16(23-27-14)13-9-19-7-8-24(13)3/h13,19H,5-9H2,1-4H3,(H,20,22). The van der Waals surface area contributed by atoms with Crippen LogP contribution >= 0.6 is 0 Å². The van der Waals surface area contributed by atoms with Crippen molar-refractivity contribution < 1.29 is 4.52 Å². The number of aromatic amines is 1. The van der Waals surface area contributed by atoms with Crippen molar-refractivity contribution in [2.24, 2.45) is 7.05 Å². The first-order chi connectivity index (χ1) is 13.0. The van der Waals surface area contributed by atoms with E-state index in [2.05, 4.69) is 37.5 Å². The number of aryl methyl sites for hydroxylation is 4. The van der Waals surface area contributed by atoms with E-state index < -0.39 is 0 Å². The van der Waals surface area contributed by atoms with E-state index in [0.717, 1.165) is 42.3 Å². The van der Waals surface area contributed by atoms with Gasteiger partial charge in [0.1, 0.15) is 0 Å². The Morgan fingerprint density at radius 3 is 2.81 bits per heavy atom. The van der Waals surface area contributed by atoms with Gasteiger partial charge in [-0.05, 0) is 38.4 Å². The summed E-state index contributed by atoms with van der Waals surface area (Å²) in [5.41, 5.74) is 3.53. The highest BCUT2D eigenvalue weighted by molar-refractivity contribution is 5.79. The van der Waals surface area contributed by atoms with Crippen molar-refractivity contribution in [3.05, 3.63) is 38.9 Å². The van der Waals surface area contributed by atoms with Crippen molar-refractivity contribution in [1.29, 1.82) is 0 Å². The molecule has 2 N–H and O–H groups in total. The molecule has 0 bridgehead atoms. The van der Waals surface area contributed by atoms with E-state index in [9.17, 15) is 4.79 Å². The Bertz CT molecular complexity index is 1030. The van der Waals surface area contributed by atoms with Gasteiger partial charge in [0.25, 0.3) is 5.56 Å². The third-order valence-electron chi connectivity index (χ3n) is 5.45. The first-order valence-electron chi connectivity index (χ1n) is 9.24. The molecule has 1 fully saturated rings. The van der Waals surface area contributed by atoms with Crippen LogP contribution in [0, 0.1) is 13.8 Å². The first kappa shape index (κ1) is 17.9. The van der Waals surface area contributed by atoms with Crippen LogP contribution in [0.5, 0.6) is 0 Å². The molecule has 3 aromatic heterocycles. The molecule has 1 unspecified atom stereocenters. The van der Waals surface area contributed by atoms with E-state index in [1.807, 2.05) is 13.8 Å². The normalized spacial score (nSPS) is 18.4. The summed E-state index contributed by atoms with van der Waals surface area (Å²) >= 11 is 0. The number of hydrogen-bond acceptors (Lipinski definition) is 7. The monoisotopic (exact) mass is 371 g/mol. The summed E-state index contributed by atoms with van der Waals surface area (Å²) in [6.07, 6.45) is 1.33. The predicted molar refractivity (Wildman–Crippen MR) is 101 cm³/mol. The van der Waals surface area contributed by atoms with Crippen LogP contribution in [-0.2, 0) is 19.9 Å². The van der Waals surface area contributed by atoms with Crippen molar-refractivity contribution in [3.63, 3.8) is 0 Å². The molecule has 0 radical (unpaired) electrons. The molecule has 3 aromatic rings. The van der Waals surface area contributed by atoms with Gasteiger partial charge in [0.2, 0.25) is 5.89 Å². The summed E-state index contributed by atoms with van der Waals surface area (Å²) < 4.78 is 6.94. The van der Waals surface area contributed by atoms with Crippen molar-refractivity contribution in [2.45, 2.75) is 32.7 Å². The van der Waals surface area contributed by atoms with Gasteiger partial charge in [-0.2, -0.15) is 4.98 Å². The fourth-order valence-electron chi connectivity index (χ4n) is 3.81. The van der Waals surface area contributed by atoms with Gasteiger partial charge < -0.3 is 9.84 Å². The Labute approximate surface area is 156 Å².